The van der Waals surface area contributed by atoms with Gasteiger partial charge in [0.15, 0.2) is 0 Å². The SMILES string of the molecule is CCC(Br)C(=O)Nc1ccc(C)c(S(=O)(=O)N(C)C)c1. The number of aryl methyl sites for hydroxylation is 1. The van der Waals surface area contributed by atoms with E-state index in [0.717, 1.165) is 4.31 Å². The van der Waals surface area contributed by atoms with Crippen LogP contribution in [0.1, 0.15) is 18.9 Å². The molecule has 0 saturated carbocycles. The minimum atomic E-state index is -3.52. The van der Waals surface area contributed by atoms with Gasteiger partial charge in [-0.1, -0.05) is 28.9 Å². The van der Waals surface area contributed by atoms with Crippen LogP contribution in [0, 0.1) is 6.92 Å². The van der Waals surface area contributed by atoms with E-state index in [0.29, 0.717) is 17.7 Å². The van der Waals surface area contributed by atoms with Gasteiger partial charge in [0.1, 0.15) is 0 Å². The van der Waals surface area contributed by atoms with Crippen molar-refractivity contribution in [3.8, 4) is 0 Å². The number of benzene rings is 1. The smallest absolute Gasteiger partial charge is 0.242 e. The van der Waals surface area contributed by atoms with Crippen LogP contribution in [-0.4, -0.2) is 37.6 Å². The molecule has 1 aromatic carbocycles. The molecule has 1 rings (SSSR count). The normalized spacial score (nSPS) is 13.3. The van der Waals surface area contributed by atoms with Gasteiger partial charge < -0.3 is 5.32 Å². The maximum atomic E-state index is 12.2. The highest BCUT2D eigenvalue weighted by molar-refractivity contribution is 9.10. The first-order valence-corrected chi connectivity index (χ1v) is 8.53. The zero-order valence-corrected chi connectivity index (χ0v) is 14.4. The Hall–Kier alpha value is -0.920. The number of nitrogens with one attached hydrogen (secondary N) is 1. The second-order valence-corrected chi connectivity index (χ2v) is 7.86. The van der Waals surface area contributed by atoms with Crippen molar-refractivity contribution < 1.29 is 13.2 Å². The molecule has 7 heteroatoms. The highest BCUT2D eigenvalue weighted by atomic mass is 79.9. The summed E-state index contributed by atoms with van der Waals surface area (Å²) in [5, 5.41) is 2.70. The number of anilines is 1. The summed E-state index contributed by atoms with van der Waals surface area (Å²) in [5.74, 6) is -0.190. The third-order valence-corrected chi connectivity index (χ3v) is 5.88. The van der Waals surface area contributed by atoms with E-state index >= 15 is 0 Å². The van der Waals surface area contributed by atoms with E-state index in [9.17, 15) is 13.2 Å². The molecule has 5 nitrogen and oxygen atoms in total. The second kappa shape index (κ2) is 6.69. The number of nitrogens with zero attached hydrogens (tertiary/aromatic N) is 1. The van der Waals surface area contributed by atoms with Gasteiger partial charge in [0.25, 0.3) is 0 Å². The lowest BCUT2D eigenvalue weighted by molar-refractivity contribution is -0.115. The molecule has 1 amide bonds. The van der Waals surface area contributed by atoms with Gasteiger partial charge in [0.05, 0.1) is 9.72 Å². The fraction of sp³-hybridized carbons (Fsp3) is 0.462. The molecule has 0 aliphatic rings. The third-order valence-electron chi connectivity index (χ3n) is 2.86. The molecule has 0 radical (unpaired) electrons. The van der Waals surface area contributed by atoms with Crippen LogP contribution in [-0.2, 0) is 14.8 Å². The minimum Gasteiger partial charge on any atom is -0.325 e. The first-order valence-electron chi connectivity index (χ1n) is 6.18. The molecule has 0 spiro atoms. The van der Waals surface area contributed by atoms with E-state index in [4.69, 9.17) is 0 Å². The van der Waals surface area contributed by atoms with Crippen LogP contribution in [0.5, 0.6) is 0 Å². The molecular weight excluding hydrogens is 344 g/mol. The third kappa shape index (κ3) is 3.80. The predicted molar refractivity (Wildman–Crippen MR) is 83.7 cm³/mol. The zero-order chi connectivity index (χ0) is 15.5. The van der Waals surface area contributed by atoms with Gasteiger partial charge in [-0.05, 0) is 31.0 Å². The quantitative estimate of drug-likeness (QED) is 0.817. The lowest BCUT2D eigenvalue weighted by atomic mass is 10.2. The molecule has 1 unspecified atom stereocenters. The van der Waals surface area contributed by atoms with Crippen LogP contribution >= 0.6 is 15.9 Å². The van der Waals surface area contributed by atoms with Gasteiger partial charge >= 0.3 is 0 Å². The van der Waals surface area contributed by atoms with Crippen molar-refractivity contribution in [1.82, 2.24) is 4.31 Å². The first-order chi connectivity index (χ1) is 9.20. The van der Waals surface area contributed by atoms with Crippen LogP contribution in [0.25, 0.3) is 0 Å². The van der Waals surface area contributed by atoms with E-state index in [1.807, 2.05) is 6.92 Å². The first kappa shape index (κ1) is 17.1. The number of halogens is 1. The van der Waals surface area contributed by atoms with Crippen molar-refractivity contribution in [3.63, 3.8) is 0 Å². The summed E-state index contributed by atoms with van der Waals surface area (Å²) in [7, 11) is -0.566. The maximum absolute atomic E-state index is 12.2. The van der Waals surface area contributed by atoms with Crippen molar-refractivity contribution in [2.24, 2.45) is 0 Å². The molecule has 0 aliphatic heterocycles. The van der Waals surface area contributed by atoms with Crippen molar-refractivity contribution in [2.45, 2.75) is 30.0 Å². The Kier molecular flexibility index (Phi) is 5.73. The number of rotatable bonds is 5. The largest absolute Gasteiger partial charge is 0.325 e. The van der Waals surface area contributed by atoms with E-state index in [1.54, 1.807) is 19.1 Å². The number of amides is 1. The topological polar surface area (TPSA) is 66.5 Å². The average molecular weight is 363 g/mol. The van der Waals surface area contributed by atoms with Gasteiger partial charge in [0, 0.05) is 19.8 Å². The van der Waals surface area contributed by atoms with Gasteiger partial charge in [-0.15, -0.1) is 0 Å². The van der Waals surface area contributed by atoms with E-state index < -0.39 is 10.0 Å². The second-order valence-electron chi connectivity index (χ2n) is 4.63. The van der Waals surface area contributed by atoms with Crippen LogP contribution in [0.2, 0.25) is 0 Å². The van der Waals surface area contributed by atoms with Crippen LogP contribution in [0.3, 0.4) is 0 Å². The maximum Gasteiger partial charge on any atom is 0.242 e. The van der Waals surface area contributed by atoms with Crippen molar-refractivity contribution in [2.75, 3.05) is 19.4 Å². The zero-order valence-electron chi connectivity index (χ0n) is 12.0. The predicted octanol–water partition coefficient (Wildman–Crippen LogP) is 2.36. The summed E-state index contributed by atoms with van der Waals surface area (Å²) >= 11 is 3.26. The number of hydrogen-bond acceptors (Lipinski definition) is 3. The number of carbonyl (C=O) groups excluding carboxylic acids is 1. The number of alkyl halides is 1. The summed E-state index contributed by atoms with van der Waals surface area (Å²) in [6.45, 7) is 3.61. The number of hydrogen-bond donors (Lipinski definition) is 1. The molecule has 1 atom stereocenters. The molecule has 0 aromatic heterocycles. The Morgan fingerprint density at radius 2 is 2.00 bits per heavy atom. The standard InChI is InChI=1S/C13H19BrN2O3S/c1-5-11(14)13(17)15-10-7-6-9(2)12(8-10)20(18,19)16(3)4/h6-8,11H,5H2,1-4H3,(H,15,17). The fourth-order valence-electron chi connectivity index (χ4n) is 1.56. The highest BCUT2D eigenvalue weighted by Gasteiger charge is 2.21. The molecule has 1 aromatic rings. The molecule has 0 bridgehead atoms. The Bertz CT molecular complexity index is 600. The molecule has 0 fully saturated rings. The Balaban J connectivity index is 3.13. The van der Waals surface area contributed by atoms with Crippen LogP contribution in [0.15, 0.2) is 23.1 Å². The monoisotopic (exact) mass is 362 g/mol. The van der Waals surface area contributed by atoms with Crippen molar-refractivity contribution >= 4 is 37.5 Å². The van der Waals surface area contributed by atoms with Crippen LogP contribution in [0.4, 0.5) is 5.69 Å². The summed E-state index contributed by atoms with van der Waals surface area (Å²) in [5.41, 5.74) is 1.11. The van der Waals surface area contributed by atoms with Crippen LogP contribution < -0.4 is 5.32 Å². The molecule has 1 N–H and O–H groups in total. The summed E-state index contributed by atoms with van der Waals surface area (Å²) in [6, 6.07) is 4.86. The van der Waals surface area contributed by atoms with E-state index in [-0.39, 0.29) is 15.6 Å². The molecule has 0 aliphatic carbocycles. The lowest BCUT2D eigenvalue weighted by Crippen LogP contribution is -2.24. The lowest BCUT2D eigenvalue weighted by Gasteiger charge is -2.15. The number of sulfonamides is 1. The van der Waals surface area contributed by atoms with Gasteiger partial charge in [-0.25, -0.2) is 12.7 Å². The van der Waals surface area contributed by atoms with Gasteiger partial charge in [-0.2, -0.15) is 0 Å². The Morgan fingerprint density at radius 3 is 2.50 bits per heavy atom. The molecule has 112 valence electrons. The van der Waals surface area contributed by atoms with E-state index in [2.05, 4.69) is 21.2 Å². The van der Waals surface area contributed by atoms with Crippen molar-refractivity contribution in [3.05, 3.63) is 23.8 Å². The molecule has 0 saturated heterocycles. The summed E-state index contributed by atoms with van der Waals surface area (Å²) in [4.78, 5) is 11.7. The van der Waals surface area contributed by atoms with Gasteiger partial charge in [-0.3, -0.25) is 4.79 Å². The van der Waals surface area contributed by atoms with E-state index in [1.165, 1.54) is 20.2 Å². The summed E-state index contributed by atoms with van der Waals surface area (Å²) < 4.78 is 25.5. The summed E-state index contributed by atoms with van der Waals surface area (Å²) in [6.07, 6.45) is 0.653. The molecule has 20 heavy (non-hydrogen) atoms. The molecule has 0 heterocycles. The Morgan fingerprint density at radius 1 is 1.40 bits per heavy atom. The number of carbonyl (C=O) groups is 1. The molecular formula is C13H19BrN2O3S. The minimum absolute atomic E-state index is 0.190. The highest BCUT2D eigenvalue weighted by Crippen LogP contribution is 2.23. The van der Waals surface area contributed by atoms with Gasteiger partial charge in [0.2, 0.25) is 15.9 Å². The Labute approximate surface area is 128 Å². The van der Waals surface area contributed by atoms with Crippen molar-refractivity contribution in [1.29, 1.82) is 0 Å². The average Bonchev–Trinajstić information content (AvgIpc) is 2.39. The fourth-order valence-corrected chi connectivity index (χ4v) is 2.82.